The second-order valence-electron chi connectivity index (χ2n) is 6.34. The Bertz CT molecular complexity index is 959. The van der Waals surface area contributed by atoms with Crippen LogP contribution in [0.25, 0.3) is 0 Å². The SMILES string of the molecule is COc1ccc(N([C@@H](C)C(=O)NCc2ccc3c(c2)OCO3)S(C)(=O)=O)cc1. The van der Waals surface area contributed by atoms with Crippen molar-refractivity contribution >= 4 is 21.6 Å². The first-order valence-corrected chi connectivity index (χ1v) is 10.4. The maximum atomic E-state index is 12.6. The third-order valence-corrected chi connectivity index (χ3v) is 5.56. The third-order valence-electron chi connectivity index (χ3n) is 4.32. The van der Waals surface area contributed by atoms with Crippen molar-refractivity contribution in [3.8, 4) is 17.2 Å². The molecule has 1 aliphatic heterocycles. The summed E-state index contributed by atoms with van der Waals surface area (Å²) in [6, 6.07) is 10.9. The molecular weight excluding hydrogens is 384 g/mol. The standard InChI is InChI=1S/C19H22N2O6S/c1-13(21(28(3,23)24)15-5-7-16(25-2)8-6-15)19(22)20-11-14-4-9-17-18(10-14)27-12-26-17/h4-10,13H,11-12H2,1-3H3,(H,20,22)/t13-/m0/s1. The highest BCUT2D eigenvalue weighted by Gasteiger charge is 2.29. The highest BCUT2D eigenvalue weighted by Crippen LogP contribution is 2.32. The molecule has 8 nitrogen and oxygen atoms in total. The summed E-state index contributed by atoms with van der Waals surface area (Å²) < 4.78 is 41.4. The summed E-state index contributed by atoms with van der Waals surface area (Å²) >= 11 is 0. The zero-order valence-electron chi connectivity index (χ0n) is 15.8. The van der Waals surface area contributed by atoms with Gasteiger partial charge in [0.05, 0.1) is 19.1 Å². The minimum atomic E-state index is -3.68. The summed E-state index contributed by atoms with van der Waals surface area (Å²) in [5, 5.41) is 2.77. The molecule has 150 valence electrons. The molecule has 0 bridgehead atoms. The molecule has 2 aromatic carbocycles. The lowest BCUT2D eigenvalue weighted by molar-refractivity contribution is -0.122. The summed E-state index contributed by atoms with van der Waals surface area (Å²) in [6.45, 7) is 1.95. The van der Waals surface area contributed by atoms with Gasteiger partial charge in [0.2, 0.25) is 22.7 Å². The van der Waals surface area contributed by atoms with E-state index in [1.165, 1.54) is 7.11 Å². The number of carbonyl (C=O) groups is 1. The number of ether oxygens (including phenoxy) is 3. The fourth-order valence-electron chi connectivity index (χ4n) is 2.93. The number of carbonyl (C=O) groups excluding carboxylic acids is 1. The Morgan fingerprint density at radius 2 is 1.86 bits per heavy atom. The van der Waals surface area contributed by atoms with Crippen molar-refractivity contribution < 1.29 is 27.4 Å². The Morgan fingerprint density at radius 1 is 1.18 bits per heavy atom. The number of hydrogen-bond donors (Lipinski definition) is 1. The molecule has 9 heteroatoms. The van der Waals surface area contributed by atoms with Gasteiger partial charge in [-0.25, -0.2) is 8.42 Å². The minimum Gasteiger partial charge on any atom is -0.497 e. The molecule has 28 heavy (non-hydrogen) atoms. The molecule has 0 radical (unpaired) electrons. The Balaban J connectivity index is 1.72. The van der Waals surface area contributed by atoms with Crippen LogP contribution < -0.4 is 23.8 Å². The molecule has 0 fully saturated rings. The van der Waals surface area contributed by atoms with Gasteiger partial charge in [-0.05, 0) is 48.9 Å². The van der Waals surface area contributed by atoms with E-state index in [1.807, 2.05) is 6.07 Å². The van der Waals surface area contributed by atoms with Crippen molar-refractivity contribution in [3.63, 3.8) is 0 Å². The number of benzene rings is 2. The molecule has 0 unspecified atom stereocenters. The van der Waals surface area contributed by atoms with Gasteiger partial charge in [-0.2, -0.15) is 0 Å². The second kappa shape index (κ2) is 7.97. The first-order chi connectivity index (χ1) is 13.3. The predicted octanol–water partition coefficient (Wildman–Crippen LogP) is 1.89. The van der Waals surface area contributed by atoms with E-state index in [-0.39, 0.29) is 13.3 Å². The highest BCUT2D eigenvalue weighted by atomic mass is 32.2. The van der Waals surface area contributed by atoms with Crippen molar-refractivity contribution in [1.29, 1.82) is 0 Å². The van der Waals surface area contributed by atoms with Crippen LogP contribution in [0.2, 0.25) is 0 Å². The Morgan fingerprint density at radius 3 is 2.50 bits per heavy atom. The number of nitrogens with zero attached hydrogens (tertiary/aromatic N) is 1. The smallest absolute Gasteiger partial charge is 0.243 e. The fourth-order valence-corrected chi connectivity index (χ4v) is 4.10. The van der Waals surface area contributed by atoms with Crippen molar-refractivity contribution in [2.24, 2.45) is 0 Å². The van der Waals surface area contributed by atoms with Crippen LogP contribution >= 0.6 is 0 Å². The molecular formula is C19H22N2O6S. The van der Waals surface area contributed by atoms with E-state index in [0.717, 1.165) is 16.1 Å². The van der Waals surface area contributed by atoms with Gasteiger partial charge in [-0.3, -0.25) is 9.10 Å². The Kier molecular flexibility index (Phi) is 5.64. The maximum Gasteiger partial charge on any atom is 0.243 e. The zero-order valence-corrected chi connectivity index (χ0v) is 16.7. The van der Waals surface area contributed by atoms with Gasteiger partial charge in [0.1, 0.15) is 11.8 Å². The molecule has 3 rings (SSSR count). The van der Waals surface area contributed by atoms with Crippen LogP contribution in [-0.4, -0.2) is 40.5 Å². The molecule has 0 aliphatic carbocycles. The predicted molar refractivity (Wildman–Crippen MR) is 104 cm³/mol. The van der Waals surface area contributed by atoms with E-state index >= 15 is 0 Å². The average Bonchev–Trinajstić information content (AvgIpc) is 3.13. The minimum absolute atomic E-state index is 0.174. The lowest BCUT2D eigenvalue weighted by Crippen LogP contribution is -2.47. The summed E-state index contributed by atoms with van der Waals surface area (Å²) in [5.74, 6) is 1.46. The molecule has 0 saturated carbocycles. The van der Waals surface area contributed by atoms with Gasteiger partial charge in [0.15, 0.2) is 11.5 Å². The maximum absolute atomic E-state index is 12.6. The van der Waals surface area contributed by atoms with Crippen molar-refractivity contribution in [1.82, 2.24) is 5.32 Å². The molecule has 1 amide bonds. The zero-order chi connectivity index (χ0) is 20.3. The monoisotopic (exact) mass is 406 g/mol. The molecule has 0 saturated heterocycles. The topological polar surface area (TPSA) is 94.2 Å². The van der Waals surface area contributed by atoms with Crippen LogP contribution in [0.5, 0.6) is 17.2 Å². The lowest BCUT2D eigenvalue weighted by atomic mass is 10.2. The molecule has 1 heterocycles. The van der Waals surface area contributed by atoms with Gasteiger partial charge < -0.3 is 19.5 Å². The molecule has 1 aliphatic rings. The number of sulfonamides is 1. The van der Waals surface area contributed by atoms with E-state index in [0.29, 0.717) is 22.9 Å². The number of fused-ring (bicyclic) bond motifs is 1. The van der Waals surface area contributed by atoms with Gasteiger partial charge in [-0.15, -0.1) is 0 Å². The summed E-state index contributed by atoms with van der Waals surface area (Å²) in [5.41, 5.74) is 1.20. The fraction of sp³-hybridized carbons (Fsp3) is 0.316. The third kappa shape index (κ3) is 4.30. The quantitative estimate of drug-likeness (QED) is 0.755. The molecule has 1 N–H and O–H groups in total. The van der Waals surface area contributed by atoms with Gasteiger partial charge >= 0.3 is 0 Å². The van der Waals surface area contributed by atoms with Crippen LogP contribution in [0.4, 0.5) is 5.69 Å². The summed E-state index contributed by atoms with van der Waals surface area (Å²) in [4.78, 5) is 12.6. The normalized spacial score (nSPS) is 13.7. The van der Waals surface area contributed by atoms with Crippen LogP contribution in [-0.2, 0) is 21.4 Å². The highest BCUT2D eigenvalue weighted by molar-refractivity contribution is 7.92. The van der Waals surface area contributed by atoms with Crippen molar-refractivity contribution in [3.05, 3.63) is 48.0 Å². The van der Waals surface area contributed by atoms with E-state index in [4.69, 9.17) is 14.2 Å². The number of methoxy groups -OCH3 is 1. The number of nitrogens with one attached hydrogen (secondary N) is 1. The number of hydrogen-bond acceptors (Lipinski definition) is 6. The number of rotatable bonds is 7. The summed E-state index contributed by atoms with van der Waals surface area (Å²) in [7, 11) is -2.15. The largest absolute Gasteiger partial charge is 0.497 e. The average molecular weight is 406 g/mol. The van der Waals surface area contributed by atoms with Crippen LogP contribution in [0, 0.1) is 0 Å². The van der Waals surface area contributed by atoms with Crippen molar-refractivity contribution in [2.75, 3.05) is 24.5 Å². The molecule has 0 aromatic heterocycles. The van der Waals surface area contributed by atoms with Crippen LogP contribution in [0.3, 0.4) is 0 Å². The van der Waals surface area contributed by atoms with E-state index in [1.54, 1.807) is 43.3 Å². The van der Waals surface area contributed by atoms with E-state index < -0.39 is 22.0 Å². The molecule has 0 spiro atoms. The molecule has 1 atom stereocenters. The lowest BCUT2D eigenvalue weighted by Gasteiger charge is -2.28. The number of amides is 1. The van der Waals surface area contributed by atoms with Gasteiger partial charge in [-0.1, -0.05) is 6.07 Å². The van der Waals surface area contributed by atoms with Gasteiger partial charge in [0.25, 0.3) is 0 Å². The molecule has 2 aromatic rings. The van der Waals surface area contributed by atoms with Crippen LogP contribution in [0.1, 0.15) is 12.5 Å². The Hall–Kier alpha value is -2.94. The first-order valence-electron chi connectivity index (χ1n) is 8.59. The summed E-state index contributed by atoms with van der Waals surface area (Å²) in [6.07, 6.45) is 1.07. The first kappa shape index (κ1) is 19.8. The second-order valence-corrected chi connectivity index (χ2v) is 8.20. The van der Waals surface area contributed by atoms with Gasteiger partial charge in [0, 0.05) is 6.54 Å². The van der Waals surface area contributed by atoms with Crippen molar-refractivity contribution in [2.45, 2.75) is 19.5 Å². The van der Waals surface area contributed by atoms with Crippen LogP contribution in [0.15, 0.2) is 42.5 Å². The Labute approximate surface area is 164 Å². The van der Waals surface area contributed by atoms with E-state index in [9.17, 15) is 13.2 Å². The number of anilines is 1. The van der Waals surface area contributed by atoms with E-state index in [2.05, 4.69) is 5.32 Å².